The molecular weight excluding hydrogens is 326 g/mol. The number of carboxylic acid groups (broad SMARTS) is 1. The van der Waals surface area contributed by atoms with Gasteiger partial charge >= 0.3 is 5.97 Å². The Kier molecular flexibility index (Phi) is 4.99. The summed E-state index contributed by atoms with van der Waals surface area (Å²) in [6, 6.07) is 3.77. The largest absolute Gasteiger partial charge is 0.480 e. The van der Waals surface area contributed by atoms with Gasteiger partial charge in [-0.15, -0.1) is 11.3 Å². The Balaban J connectivity index is 2.29. The minimum Gasteiger partial charge on any atom is -0.480 e. The smallest absolute Gasteiger partial charge is 0.318 e. The molecule has 2 aromatic heterocycles. The van der Waals surface area contributed by atoms with Crippen molar-refractivity contribution in [2.75, 3.05) is 13.1 Å². The van der Waals surface area contributed by atoms with Crippen LogP contribution < -0.4 is 0 Å². The first-order valence-electron chi connectivity index (χ1n) is 6.55. The second-order valence-corrected chi connectivity index (χ2v) is 7.70. The highest BCUT2D eigenvalue weighted by atomic mass is 32.2. The van der Waals surface area contributed by atoms with E-state index in [1.54, 1.807) is 6.92 Å². The predicted molar refractivity (Wildman–Crippen MR) is 82.4 cm³/mol. The number of rotatable bonds is 7. The monoisotopic (exact) mass is 343 g/mol. The van der Waals surface area contributed by atoms with Crippen LogP contribution in [0.1, 0.15) is 10.4 Å². The molecule has 0 saturated heterocycles. The zero-order chi connectivity index (χ0) is 16.3. The van der Waals surface area contributed by atoms with Crippen molar-refractivity contribution in [3.05, 3.63) is 34.2 Å². The third-order valence-electron chi connectivity index (χ3n) is 3.14. The summed E-state index contributed by atoms with van der Waals surface area (Å²) in [6.45, 7) is 1.18. The van der Waals surface area contributed by atoms with Crippen molar-refractivity contribution >= 4 is 27.3 Å². The highest BCUT2D eigenvalue weighted by Gasteiger charge is 2.30. The first kappa shape index (κ1) is 16.7. The van der Waals surface area contributed by atoms with Crippen molar-refractivity contribution in [2.45, 2.75) is 18.4 Å². The van der Waals surface area contributed by atoms with Crippen molar-refractivity contribution in [1.29, 1.82) is 0 Å². The highest BCUT2D eigenvalue weighted by Crippen LogP contribution is 2.20. The minimum absolute atomic E-state index is 0.0277. The highest BCUT2D eigenvalue weighted by molar-refractivity contribution is 7.89. The Morgan fingerprint density at radius 1 is 1.50 bits per heavy atom. The van der Waals surface area contributed by atoms with E-state index in [0.717, 1.165) is 9.18 Å². The molecule has 0 aliphatic carbocycles. The third-order valence-corrected chi connectivity index (χ3v) is 6.14. The quantitative estimate of drug-likeness (QED) is 0.813. The topological polar surface area (TPSA) is 92.5 Å². The molecule has 120 valence electrons. The van der Waals surface area contributed by atoms with Gasteiger partial charge in [0.05, 0.1) is 6.20 Å². The van der Waals surface area contributed by atoms with Crippen LogP contribution in [0.3, 0.4) is 0 Å². The molecule has 22 heavy (non-hydrogen) atoms. The van der Waals surface area contributed by atoms with Crippen LogP contribution in [0.15, 0.2) is 28.7 Å². The van der Waals surface area contributed by atoms with Gasteiger partial charge < -0.3 is 5.11 Å². The number of aryl methyl sites for hydroxylation is 2. The van der Waals surface area contributed by atoms with E-state index in [2.05, 4.69) is 5.10 Å². The molecule has 0 unspecified atom stereocenters. The van der Waals surface area contributed by atoms with Gasteiger partial charge in [0.1, 0.15) is 6.54 Å². The maximum atomic E-state index is 12.7. The second-order valence-electron chi connectivity index (χ2n) is 4.82. The molecule has 0 amide bonds. The van der Waals surface area contributed by atoms with Gasteiger partial charge in [0.15, 0.2) is 5.03 Å². The second kappa shape index (κ2) is 6.59. The van der Waals surface area contributed by atoms with E-state index in [-0.39, 0.29) is 11.6 Å². The maximum Gasteiger partial charge on any atom is 0.318 e. The van der Waals surface area contributed by atoms with Gasteiger partial charge in [0.2, 0.25) is 0 Å². The lowest BCUT2D eigenvalue weighted by molar-refractivity contribution is -0.137. The number of sulfonamides is 1. The van der Waals surface area contributed by atoms with Gasteiger partial charge in [-0.05, 0) is 24.8 Å². The number of aliphatic carboxylic acids is 1. The van der Waals surface area contributed by atoms with Crippen LogP contribution in [0, 0.1) is 6.92 Å². The van der Waals surface area contributed by atoms with Gasteiger partial charge in [-0.25, -0.2) is 8.42 Å². The molecule has 0 fully saturated rings. The Morgan fingerprint density at radius 2 is 2.23 bits per heavy atom. The number of hydrogen-bond donors (Lipinski definition) is 1. The van der Waals surface area contributed by atoms with Gasteiger partial charge in [0, 0.05) is 24.0 Å². The van der Waals surface area contributed by atoms with Gasteiger partial charge in [0.25, 0.3) is 10.0 Å². The van der Waals surface area contributed by atoms with E-state index in [0.29, 0.717) is 12.0 Å². The van der Waals surface area contributed by atoms with Crippen LogP contribution >= 0.6 is 11.3 Å². The number of thiophene rings is 1. The third kappa shape index (κ3) is 3.54. The van der Waals surface area contributed by atoms with Crippen LogP contribution in [0.25, 0.3) is 0 Å². The van der Waals surface area contributed by atoms with Crippen molar-refractivity contribution in [2.24, 2.45) is 7.05 Å². The molecule has 1 N–H and O–H groups in total. The normalized spacial score (nSPS) is 12.0. The number of nitrogens with zero attached hydrogens (tertiary/aromatic N) is 3. The van der Waals surface area contributed by atoms with Crippen LogP contribution in [0.2, 0.25) is 0 Å². The summed E-state index contributed by atoms with van der Waals surface area (Å²) in [5, 5.41) is 14.9. The zero-order valence-electron chi connectivity index (χ0n) is 12.3. The van der Waals surface area contributed by atoms with Gasteiger partial charge in [-0.1, -0.05) is 6.07 Å². The number of carboxylic acids is 1. The van der Waals surface area contributed by atoms with E-state index in [9.17, 15) is 13.2 Å². The van der Waals surface area contributed by atoms with Crippen LogP contribution in [-0.2, 0) is 28.3 Å². The SMILES string of the molecule is Cc1cnn(C)c1S(=O)(=O)N(CCc1cccs1)CC(=O)O. The summed E-state index contributed by atoms with van der Waals surface area (Å²) < 4.78 is 27.7. The number of carbonyl (C=O) groups is 1. The van der Waals surface area contributed by atoms with E-state index >= 15 is 0 Å². The Labute approximate surface area is 132 Å². The molecular formula is C13H17N3O4S2. The van der Waals surface area contributed by atoms with Crippen LogP contribution in [-0.4, -0.2) is 46.7 Å². The molecule has 0 spiro atoms. The molecule has 0 atom stereocenters. The molecule has 0 saturated carbocycles. The molecule has 2 rings (SSSR count). The summed E-state index contributed by atoms with van der Waals surface area (Å²) >= 11 is 1.51. The van der Waals surface area contributed by atoms with E-state index in [1.807, 2.05) is 17.5 Å². The first-order valence-corrected chi connectivity index (χ1v) is 8.87. The van der Waals surface area contributed by atoms with Crippen molar-refractivity contribution in [3.63, 3.8) is 0 Å². The van der Waals surface area contributed by atoms with Crippen molar-refractivity contribution < 1.29 is 18.3 Å². The molecule has 2 heterocycles. The number of hydrogen-bond acceptors (Lipinski definition) is 5. The van der Waals surface area contributed by atoms with Crippen molar-refractivity contribution in [1.82, 2.24) is 14.1 Å². The fourth-order valence-electron chi connectivity index (χ4n) is 2.15. The Bertz CT molecular complexity index is 731. The van der Waals surface area contributed by atoms with Gasteiger partial charge in [-0.2, -0.15) is 9.40 Å². The fourth-order valence-corrected chi connectivity index (χ4v) is 4.55. The predicted octanol–water partition coefficient (Wildman–Crippen LogP) is 1.11. The van der Waals surface area contributed by atoms with E-state index < -0.39 is 22.5 Å². The van der Waals surface area contributed by atoms with Gasteiger partial charge in [-0.3, -0.25) is 9.48 Å². The lowest BCUT2D eigenvalue weighted by Gasteiger charge is -2.20. The van der Waals surface area contributed by atoms with Crippen LogP contribution in [0.5, 0.6) is 0 Å². The van der Waals surface area contributed by atoms with E-state index in [1.165, 1.54) is 29.3 Å². The summed E-state index contributed by atoms with van der Waals surface area (Å²) in [5.74, 6) is -1.19. The lowest BCUT2D eigenvalue weighted by atomic mass is 10.3. The maximum absolute atomic E-state index is 12.7. The zero-order valence-corrected chi connectivity index (χ0v) is 13.9. The molecule has 0 aromatic carbocycles. The van der Waals surface area contributed by atoms with Crippen molar-refractivity contribution in [3.8, 4) is 0 Å². The molecule has 0 aliphatic heterocycles. The average Bonchev–Trinajstić information content (AvgIpc) is 3.04. The lowest BCUT2D eigenvalue weighted by Crippen LogP contribution is -2.38. The summed E-state index contributed by atoms with van der Waals surface area (Å²) in [5.41, 5.74) is 0.494. The summed E-state index contributed by atoms with van der Waals surface area (Å²) in [7, 11) is -2.38. The molecule has 2 aromatic rings. The Hall–Kier alpha value is -1.71. The molecule has 0 bridgehead atoms. The number of aromatic nitrogens is 2. The first-order chi connectivity index (χ1) is 10.3. The fraction of sp³-hybridized carbons (Fsp3) is 0.385. The molecule has 9 heteroatoms. The molecule has 0 radical (unpaired) electrons. The standard InChI is InChI=1S/C13H17N3O4S2/c1-10-8-14-15(2)13(10)22(19,20)16(9-12(17)18)6-5-11-4-3-7-21-11/h3-4,7-8H,5-6,9H2,1-2H3,(H,17,18). The minimum atomic E-state index is -3.91. The van der Waals surface area contributed by atoms with Crippen LogP contribution in [0.4, 0.5) is 0 Å². The van der Waals surface area contributed by atoms with E-state index in [4.69, 9.17) is 5.11 Å². The summed E-state index contributed by atoms with van der Waals surface area (Å²) in [4.78, 5) is 12.0. The Morgan fingerprint density at radius 3 is 2.73 bits per heavy atom. The molecule has 0 aliphatic rings. The summed E-state index contributed by atoms with van der Waals surface area (Å²) in [6.07, 6.45) is 1.92. The molecule has 7 nitrogen and oxygen atoms in total. The average molecular weight is 343 g/mol.